The number of hydrogen-bond acceptors (Lipinski definition) is 4. The summed E-state index contributed by atoms with van der Waals surface area (Å²) in [5.41, 5.74) is -0.266. The molecule has 6 nitrogen and oxygen atoms in total. The molecule has 0 aromatic carbocycles. The van der Waals surface area contributed by atoms with Crippen LogP contribution in [0.4, 0.5) is 0 Å². The molecule has 1 atom stereocenters. The Hall–Kier alpha value is -1.43. The van der Waals surface area contributed by atoms with Crippen LogP contribution in [0.5, 0.6) is 0 Å². The predicted molar refractivity (Wildman–Crippen MR) is 67.9 cm³/mol. The number of rotatable bonds is 4. The van der Waals surface area contributed by atoms with Crippen molar-refractivity contribution < 1.29 is 4.79 Å². The van der Waals surface area contributed by atoms with E-state index in [2.05, 4.69) is 20.8 Å². The molecule has 1 aromatic rings. The molecule has 1 fully saturated rings. The van der Waals surface area contributed by atoms with E-state index in [0.717, 1.165) is 31.8 Å². The van der Waals surface area contributed by atoms with Gasteiger partial charge in [0, 0.05) is 26.6 Å². The normalized spacial score (nSPS) is 23.9. The summed E-state index contributed by atoms with van der Waals surface area (Å²) in [6.45, 7) is 4.42. The molecule has 2 heterocycles. The molecular weight excluding hydrogens is 230 g/mol. The number of carbonyl (C=O) groups is 1. The summed E-state index contributed by atoms with van der Waals surface area (Å²) in [4.78, 5) is 12.1. The number of piperidine rings is 1. The summed E-state index contributed by atoms with van der Waals surface area (Å²) in [6, 6.07) is 0. The molecule has 1 aromatic heterocycles. The van der Waals surface area contributed by atoms with Gasteiger partial charge < -0.3 is 15.2 Å². The molecule has 0 saturated carbocycles. The fraction of sp³-hybridized carbons (Fsp3) is 0.750. The number of aryl methyl sites for hydroxylation is 1. The van der Waals surface area contributed by atoms with Crippen molar-refractivity contribution in [2.24, 2.45) is 12.5 Å². The molecule has 0 radical (unpaired) electrons. The molecule has 1 amide bonds. The highest BCUT2D eigenvalue weighted by atomic mass is 16.2. The van der Waals surface area contributed by atoms with Crippen molar-refractivity contribution in [1.29, 1.82) is 0 Å². The Kier molecular flexibility index (Phi) is 3.96. The van der Waals surface area contributed by atoms with Crippen LogP contribution in [0, 0.1) is 5.41 Å². The number of hydrogen-bond donors (Lipinski definition) is 2. The third-order valence-electron chi connectivity index (χ3n) is 3.58. The topological polar surface area (TPSA) is 71.8 Å². The van der Waals surface area contributed by atoms with Gasteiger partial charge in [0.05, 0.1) is 5.41 Å². The first-order valence-electron chi connectivity index (χ1n) is 6.44. The average Bonchev–Trinajstić information content (AvgIpc) is 2.76. The smallest absolute Gasteiger partial charge is 0.227 e. The van der Waals surface area contributed by atoms with Gasteiger partial charge in [-0.3, -0.25) is 4.79 Å². The lowest BCUT2D eigenvalue weighted by Crippen LogP contribution is -2.49. The summed E-state index contributed by atoms with van der Waals surface area (Å²) in [6.07, 6.45) is 4.40. The first-order chi connectivity index (χ1) is 8.62. The van der Waals surface area contributed by atoms with Gasteiger partial charge in [-0.25, -0.2) is 0 Å². The average molecular weight is 251 g/mol. The standard InChI is InChI=1S/C12H21N5O/c1-12(5-3-6-13-8-12)11(18)14-7-4-10-16-15-9-17(10)2/h9,13H,3-8H2,1-2H3,(H,14,18). The van der Waals surface area contributed by atoms with E-state index in [1.165, 1.54) is 0 Å². The molecular formula is C12H21N5O. The minimum Gasteiger partial charge on any atom is -0.355 e. The highest BCUT2D eigenvalue weighted by Crippen LogP contribution is 2.25. The van der Waals surface area contributed by atoms with E-state index >= 15 is 0 Å². The summed E-state index contributed by atoms with van der Waals surface area (Å²) in [5, 5.41) is 14.1. The van der Waals surface area contributed by atoms with E-state index < -0.39 is 0 Å². The zero-order valence-electron chi connectivity index (χ0n) is 11.1. The van der Waals surface area contributed by atoms with Crippen LogP contribution in [0.25, 0.3) is 0 Å². The zero-order chi connectivity index (χ0) is 13.0. The molecule has 2 N–H and O–H groups in total. The second-order valence-electron chi connectivity index (χ2n) is 5.20. The third-order valence-corrected chi connectivity index (χ3v) is 3.58. The maximum Gasteiger partial charge on any atom is 0.227 e. The van der Waals surface area contributed by atoms with Crippen LogP contribution in [-0.2, 0) is 18.3 Å². The van der Waals surface area contributed by atoms with Crippen molar-refractivity contribution in [2.75, 3.05) is 19.6 Å². The number of amides is 1. The van der Waals surface area contributed by atoms with Crippen molar-refractivity contribution in [3.05, 3.63) is 12.2 Å². The Bertz CT molecular complexity index is 408. The predicted octanol–water partition coefficient (Wildman–Crippen LogP) is -0.136. The maximum atomic E-state index is 12.1. The molecule has 1 saturated heterocycles. The maximum absolute atomic E-state index is 12.1. The fourth-order valence-electron chi connectivity index (χ4n) is 2.28. The van der Waals surface area contributed by atoms with Crippen molar-refractivity contribution >= 4 is 5.91 Å². The van der Waals surface area contributed by atoms with Gasteiger partial charge in [-0.05, 0) is 26.3 Å². The summed E-state index contributed by atoms with van der Waals surface area (Å²) >= 11 is 0. The first-order valence-corrected chi connectivity index (χ1v) is 6.44. The number of nitrogens with zero attached hydrogens (tertiary/aromatic N) is 3. The Balaban J connectivity index is 1.79. The highest BCUT2D eigenvalue weighted by Gasteiger charge is 2.34. The SMILES string of the molecule is Cn1cnnc1CCNC(=O)C1(C)CCCNC1. The molecule has 0 spiro atoms. The lowest BCUT2D eigenvalue weighted by molar-refractivity contribution is -0.131. The monoisotopic (exact) mass is 251 g/mol. The van der Waals surface area contributed by atoms with Crippen LogP contribution >= 0.6 is 0 Å². The Labute approximate surface area is 107 Å². The van der Waals surface area contributed by atoms with Crippen LogP contribution < -0.4 is 10.6 Å². The Morgan fingerprint density at radius 3 is 3.11 bits per heavy atom. The van der Waals surface area contributed by atoms with Crippen LogP contribution in [-0.4, -0.2) is 40.3 Å². The van der Waals surface area contributed by atoms with Crippen molar-refractivity contribution in [3.63, 3.8) is 0 Å². The van der Waals surface area contributed by atoms with Gasteiger partial charge in [0.15, 0.2) is 0 Å². The Morgan fingerprint density at radius 2 is 2.50 bits per heavy atom. The molecule has 1 aliphatic heterocycles. The van der Waals surface area contributed by atoms with E-state index in [0.29, 0.717) is 13.0 Å². The molecule has 100 valence electrons. The Morgan fingerprint density at radius 1 is 1.67 bits per heavy atom. The van der Waals surface area contributed by atoms with Crippen LogP contribution in [0.1, 0.15) is 25.6 Å². The lowest BCUT2D eigenvalue weighted by atomic mass is 9.82. The van der Waals surface area contributed by atoms with Crippen molar-refractivity contribution in [2.45, 2.75) is 26.2 Å². The van der Waals surface area contributed by atoms with Gasteiger partial charge >= 0.3 is 0 Å². The minimum atomic E-state index is -0.266. The molecule has 6 heteroatoms. The van der Waals surface area contributed by atoms with Crippen LogP contribution in [0.15, 0.2) is 6.33 Å². The molecule has 2 rings (SSSR count). The summed E-state index contributed by atoms with van der Waals surface area (Å²) < 4.78 is 1.87. The molecule has 1 unspecified atom stereocenters. The largest absolute Gasteiger partial charge is 0.355 e. The van der Waals surface area contributed by atoms with Gasteiger partial charge in [-0.1, -0.05) is 0 Å². The number of nitrogens with one attached hydrogen (secondary N) is 2. The molecule has 0 bridgehead atoms. The van der Waals surface area contributed by atoms with E-state index in [9.17, 15) is 4.79 Å². The van der Waals surface area contributed by atoms with Gasteiger partial charge in [-0.15, -0.1) is 10.2 Å². The lowest BCUT2D eigenvalue weighted by Gasteiger charge is -2.32. The second-order valence-corrected chi connectivity index (χ2v) is 5.20. The van der Waals surface area contributed by atoms with E-state index in [-0.39, 0.29) is 11.3 Å². The van der Waals surface area contributed by atoms with Crippen molar-refractivity contribution in [1.82, 2.24) is 25.4 Å². The van der Waals surface area contributed by atoms with Gasteiger partial charge in [-0.2, -0.15) is 0 Å². The van der Waals surface area contributed by atoms with Gasteiger partial charge in [0.1, 0.15) is 12.2 Å². The van der Waals surface area contributed by atoms with E-state index in [1.807, 2.05) is 18.5 Å². The first kappa shape index (κ1) is 13.0. The third kappa shape index (κ3) is 2.87. The van der Waals surface area contributed by atoms with E-state index in [4.69, 9.17) is 0 Å². The van der Waals surface area contributed by atoms with Gasteiger partial charge in [0.2, 0.25) is 5.91 Å². The number of carbonyl (C=O) groups excluding carboxylic acids is 1. The fourth-order valence-corrected chi connectivity index (χ4v) is 2.28. The quantitative estimate of drug-likeness (QED) is 0.781. The zero-order valence-corrected chi connectivity index (χ0v) is 11.1. The summed E-state index contributed by atoms with van der Waals surface area (Å²) in [7, 11) is 1.91. The number of aromatic nitrogens is 3. The van der Waals surface area contributed by atoms with Crippen LogP contribution in [0.3, 0.4) is 0 Å². The van der Waals surface area contributed by atoms with Gasteiger partial charge in [0.25, 0.3) is 0 Å². The van der Waals surface area contributed by atoms with Crippen molar-refractivity contribution in [3.8, 4) is 0 Å². The minimum absolute atomic E-state index is 0.136. The van der Waals surface area contributed by atoms with E-state index in [1.54, 1.807) is 6.33 Å². The second kappa shape index (κ2) is 5.48. The van der Waals surface area contributed by atoms with Crippen LogP contribution in [0.2, 0.25) is 0 Å². The highest BCUT2D eigenvalue weighted by molar-refractivity contribution is 5.82. The molecule has 0 aliphatic carbocycles. The molecule has 1 aliphatic rings. The molecule has 18 heavy (non-hydrogen) atoms. The summed E-state index contributed by atoms with van der Waals surface area (Å²) in [5.74, 6) is 1.03.